The highest BCUT2D eigenvalue weighted by Crippen LogP contribution is 2.09. The number of carbonyl (C=O) groups is 2. The van der Waals surface area contributed by atoms with E-state index in [1.807, 2.05) is 30.3 Å². The lowest BCUT2D eigenvalue weighted by molar-refractivity contribution is -0.139. The van der Waals surface area contributed by atoms with Gasteiger partial charge in [0.2, 0.25) is 0 Å². The third kappa shape index (κ3) is 3.71. The molecule has 19 heavy (non-hydrogen) atoms. The Kier molecular flexibility index (Phi) is 4.39. The first kappa shape index (κ1) is 13.4. The molecular weight excluding hydrogens is 244 g/mol. The zero-order valence-electron chi connectivity index (χ0n) is 10.7. The summed E-state index contributed by atoms with van der Waals surface area (Å²) in [5.74, 6) is -1.00. The van der Waals surface area contributed by atoms with Gasteiger partial charge in [-0.05, 0) is 18.4 Å². The van der Waals surface area contributed by atoms with Gasteiger partial charge in [-0.3, -0.25) is 0 Å². The Bertz CT molecular complexity index is 441. The van der Waals surface area contributed by atoms with Crippen molar-refractivity contribution < 1.29 is 14.7 Å². The molecule has 0 aromatic heterocycles. The van der Waals surface area contributed by atoms with Gasteiger partial charge in [0, 0.05) is 19.5 Å². The first-order valence-corrected chi connectivity index (χ1v) is 6.49. The molecule has 2 rings (SSSR count). The van der Waals surface area contributed by atoms with E-state index in [9.17, 15) is 14.7 Å². The smallest absolute Gasteiger partial charge is 0.326 e. The molecule has 0 aliphatic carbocycles. The number of rotatable bonds is 4. The van der Waals surface area contributed by atoms with Crippen molar-refractivity contribution in [3.8, 4) is 0 Å². The van der Waals surface area contributed by atoms with E-state index >= 15 is 0 Å². The fourth-order valence-corrected chi connectivity index (χ4v) is 2.21. The molecule has 2 amide bonds. The lowest BCUT2D eigenvalue weighted by atomic mass is 10.1. The maximum absolute atomic E-state index is 11.9. The number of carboxylic acids is 1. The average molecular weight is 262 g/mol. The van der Waals surface area contributed by atoms with Crippen LogP contribution in [0.1, 0.15) is 18.4 Å². The van der Waals surface area contributed by atoms with Gasteiger partial charge in [0.1, 0.15) is 6.04 Å². The maximum atomic E-state index is 11.9. The Morgan fingerprint density at radius 2 is 1.84 bits per heavy atom. The van der Waals surface area contributed by atoms with Gasteiger partial charge in [0.05, 0.1) is 0 Å². The highest BCUT2D eigenvalue weighted by molar-refractivity contribution is 5.82. The van der Waals surface area contributed by atoms with Gasteiger partial charge < -0.3 is 15.3 Å². The molecule has 0 radical (unpaired) electrons. The lowest BCUT2D eigenvalue weighted by Crippen LogP contribution is -2.48. The summed E-state index contributed by atoms with van der Waals surface area (Å²) >= 11 is 0. The molecule has 1 aromatic carbocycles. The summed E-state index contributed by atoms with van der Waals surface area (Å²) < 4.78 is 0. The summed E-state index contributed by atoms with van der Waals surface area (Å²) in [4.78, 5) is 24.8. The zero-order chi connectivity index (χ0) is 13.7. The van der Waals surface area contributed by atoms with E-state index in [-0.39, 0.29) is 6.03 Å². The predicted molar refractivity (Wildman–Crippen MR) is 70.9 cm³/mol. The number of aliphatic carboxylic acids is 1. The van der Waals surface area contributed by atoms with Crippen LogP contribution in [0.25, 0.3) is 0 Å². The molecule has 1 aromatic rings. The van der Waals surface area contributed by atoms with Crippen molar-refractivity contribution in [2.24, 2.45) is 0 Å². The minimum Gasteiger partial charge on any atom is -0.480 e. The third-order valence-electron chi connectivity index (χ3n) is 3.27. The van der Waals surface area contributed by atoms with Crippen LogP contribution in [-0.2, 0) is 11.2 Å². The van der Waals surface area contributed by atoms with Crippen LogP contribution in [-0.4, -0.2) is 41.1 Å². The third-order valence-corrected chi connectivity index (χ3v) is 3.27. The predicted octanol–water partition coefficient (Wildman–Crippen LogP) is 1.49. The molecule has 1 fully saturated rings. The quantitative estimate of drug-likeness (QED) is 0.863. The van der Waals surface area contributed by atoms with E-state index in [0.717, 1.165) is 18.4 Å². The number of carbonyl (C=O) groups excluding carboxylic acids is 1. The minimum atomic E-state index is -1.00. The largest absolute Gasteiger partial charge is 0.480 e. The van der Waals surface area contributed by atoms with Crippen LogP contribution in [0.15, 0.2) is 30.3 Å². The molecule has 5 nitrogen and oxygen atoms in total. The van der Waals surface area contributed by atoms with Crippen LogP contribution in [0.4, 0.5) is 4.79 Å². The topological polar surface area (TPSA) is 69.6 Å². The van der Waals surface area contributed by atoms with Crippen molar-refractivity contribution in [3.63, 3.8) is 0 Å². The zero-order valence-corrected chi connectivity index (χ0v) is 10.7. The standard InChI is InChI=1S/C14H18N2O3/c17-13(18)12(10-11-6-2-1-3-7-11)15-14(19)16-8-4-5-9-16/h1-3,6-7,12H,4-5,8-10H2,(H,15,19)(H,17,18)/t12-/m0/s1. The molecule has 1 heterocycles. The summed E-state index contributed by atoms with van der Waals surface area (Å²) in [7, 11) is 0. The number of urea groups is 1. The van der Waals surface area contributed by atoms with E-state index in [1.165, 1.54) is 0 Å². The molecule has 102 valence electrons. The fourth-order valence-electron chi connectivity index (χ4n) is 2.21. The van der Waals surface area contributed by atoms with E-state index in [0.29, 0.717) is 19.5 Å². The fraction of sp³-hybridized carbons (Fsp3) is 0.429. The van der Waals surface area contributed by atoms with Gasteiger partial charge in [0.25, 0.3) is 0 Å². The normalized spacial score (nSPS) is 16.1. The first-order chi connectivity index (χ1) is 9.16. The van der Waals surface area contributed by atoms with E-state index in [2.05, 4.69) is 5.32 Å². The van der Waals surface area contributed by atoms with Gasteiger partial charge in [-0.1, -0.05) is 30.3 Å². The van der Waals surface area contributed by atoms with Crippen LogP contribution in [0.2, 0.25) is 0 Å². The molecule has 1 atom stereocenters. The van der Waals surface area contributed by atoms with Crippen molar-refractivity contribution in [2.45, 2.75) is 25.3 Å². The number of hydrogen-bond acceptors (Lipinski definition) is 2. The summed E-state index contributed by atoms with van der Waals surface area (Å²) in [6.45, 7) is 1.42. The number of nitrogens with one attached hydrogen (secondary N) is 1. The van der Waals surface area contributed by atoms with Crippen molar-refractivity contribution in [1.29, 1.82) is 0 Å². The van der Waals surface area contributed by atoms with Gasteiger partial charge in [-0.25, -0.2) is 9.59 Å². The van der Waals surface area contributed by atoms with E-state index in [4.69, 9.17) is 0 Å². The molecule has 1 aliphatic rings. The molecule has 0 unspecified atom stereocenters. The average Bonchev–Trinajstić information content (AvgIpc) is 2.93. The monoisotopic (exact) mass is 262 g/mol. The SMILES string of the molecule is O=C(O)[C@H](Cc1ccccc1)NC(=O)N1CCCC1. The van der Waals surface area contributed by atoms with Crippen molar-refractivity contribution in [2.75, 3.05) is 13.1 Å². The minimum absolute atomic E-state index is 0.277. The Hall–Kier alpha value is -2.04. The number of likely N-dealkylation sites (tertiary alicyclic amines) is 1. The highest BCUT2D eigenvalue weighted by Gasteiger charge is 2.24. The van der Waals surface area contributed by atoms with Crippen molar-refractivity contribution >= 4 is 12.0 Å². The van der Waals surface area contributed by atoms with Crippen LogP contribution in [0.3, 0.4) is 0 Å². The molecule has 0 saturated carbocycles. The number of hydrogen-bond donors (Lipinski definition) is 2. The molecule has 1 saturated heterocycles. The highest BCUT2D eigenvalue weighted by atomic mass is 16.4. The number of nitrogens with zero attached hydrogens (tertiary/aromatic N) is 1. The molecular formula is C14H18N2O3. The maximum Gasteiger partial charge on any atom is 0.326 e. The summed E-state index contributed by atoms with van der Waals surface area (Å²) in [6, 6.07) is 8.15. The summed E-state index contributed by atoms with van der Waals surface area (Å²) in [6.07, 6.45) is 2.28. The second kappa shape index (κ2) is 6.22. The van der Waals surface area contributed by atoms with Gasteiger partial charge in [0.15, 0.2) is 0 Å². The second-order valence-electron chi connectivity index (χ2n) is 4.72. The Labute approximate surface area is 112 Å². The Morgan fingerprint density at radius 1 is 1.21 bits per heavy atom. The van der Waals surface area contributed by atoms with Crippen molar-refractivity contribution in [1.82, 2.24) is 10.2 Å². The molecule has 0 spiro atoms. The summed E-state index contributed by atoms with van der Waals surface area (Å²) in [5, 5.41) is 11.8. The molecule has 5 heteroatoms. The van der Waals surface area contributed by atoms with Gasteiger partial charge >= 0.3 is 12.0 Å². The second-order valence-corrected chi connectivity index (χ2v) is 4.72. The number of benzene rings is 1. The van der Waals surface area contributed by atoms with Crippen LogP contribution in [0, 0.1) is 0 Å². The first-order valence-electron chi connectivity index (χ1n) is 6.49. The van der Waals surface area contributed by atoms with Crippen LogP contribution >= 0.6 is 0 Å². The van der Waals surface area contributed by atoms with E-state index < -0.39 is 12.0 Å². The van der Waals surface area contributed by atoms with Crippen molar-refractivity contribution in [3.05, 3.63) is 35.9 Å². The summed E-state index contributed by atoms with van der Waals surface area (Å²) in [5.41, 5.74) is 0.900. The number of carboxylic acid groups (broad SMARTS) is 1. The number of amides is 2. The van der Waals surface area contributed by atoms with E-state index in [1.54, 1.807) is 4.90 Å². The molecule has 1 aliphatic heterocycles. The van der Waals surface area contributed by atoms with Gasteiger partial charge in [-0.15, -0.1) is 0 Å². The molecule has 2 N–H and O–H groups in total. The molecule has 0 bridgehead atoms. The van der Waals surface area contributed by atoms with Crippen LogP contribution < -0.4 is 5.32 Å². The Morgan fingerprint density at radius 3 is 2.42 bits per heavy atom. The lowest BCUT2D eigenvalue weighted by Gasteiger charge is -2.20. The Balaban J connectivity index is 1.96. The van der Waals surface area contributed by atoms with Gasteiger partial charge in [-0.2, -0.15) is 0 Å². The van der Waals surface area contributed by atoms with Crippen LogP contribution in [0.5, 0.6) is 0 Å².